The Morgan fingerprint density at radius 3 is 1.47 bits per heavy atom. The molecule has 3 nitrogen and oxygen atoms in total. The monoisotopic (exact) mass is 439 g/mol. The molecule has 0 N–H and O–H groups in total. The van der Waals surface area contributed by atoms with E-state index in [2.05, 4.69) is 6.92 Å². The molecule has 2 atom stereocenters. The highest BCUT2D eigenvalue weighted by molar-refractivity contribution is 6.36. The molecule has 1 saturated heterocycles. The molecule has 2 aromatic carbocycles. The smallest absolute Gasteiger partial charge is 0.235 e. The minimum Gasteiger partial charge on any atom is -0.279 e. The van der Waals surface area contributed by atoms with Crippen molar-refractivity contribution in [2.45, 2.75) is 48.4 Å². The van der Waals surface area contributed by atoms with E-state index in [-0.39, 0.29) is 17.9 Å². The van der Waals surface area contributed by atoms with Gasteiger partial charge in [0.15, 0.2) is 0 Å². The van der Waals surface area contributed by atoms with Crippen LogP contribution in [0.4, 0.5) is 0 Å². The molecule has 2 aromatic rings. The van der Waals surface area contributed by atoms with E-state index in [1.54, 1.807) is 4.90 Å². The number of benzene rings is 2. The van der Waals surface area contributed by atoms with Crippen LogP contribution in [0.25, 0.3) is 0 Å². The van der Waals surface area contributed by atoms with E-state index < -0.39 is 21.6 Å². The van der Waals surface area contributed by atoms with Gasteiger partial charge < -0.3 is 0 Å². The van der Waals surface area contributed by atoms with Gasteiger partial charge in [0.2, 0.25) is 11.8 Å². The number of halogens is 2. The van der Waals surface area contributed by atoms with E-state index in [9.17, 15) is 9.59 Å². The second-order valence-electron chi connectivity index (χ2n) is 9.43. The summed E-state index contributed by atoms with van der Waals surface area (Å²) in [4.78, 5) is 27.1. The van der Waals surface area contributed by atoms with Crippen LogP contribution in [0.2, 0.25) is 0 Å². The molecular weight excluding hydrogens is 417 g/mol. The van der Waals surface area contributed by atoms with Gasteiger partial charge in [-0.2, -0.15) is 0 Å². The molecule has 0 spiro atoms. The van der Waals surface area contributed by atoms with Gasteiger partial charge >= 0.3 is 0 Å². The first kappa shape index (κ1) is 18.9. The Morgan fingerprint density at radius 1 is 0.733 bits per heavy atom. The molecule has 5 heteroatoms. The van der Waals surface area contributed by atoms with Crippen molar-refractivity contribution in [2.75, 3.05) is 0 Å². The fourth-order valence-electron chi connectivity index (χ4n) is 6.55. The number of alkyl halides is 2. The lowest BCUT2D eigenvalue weighted by atomic mass is 9.54. The highest BCUT2D eigenvalue weighted by Crippen LogP contribution is 2.69. The van der Waals surface area contributed by atoms with Crippen LogP contribution in [0, 0.1) is 17.8 Å². The van der Waals surface area contributed by atoms with Crippen LogP contribution < -0.4 is 0 Å². The third-order valence-corrected chi connectivity index (χ3v) is 9.25. The van der Waals surface area contributed by atoms with Gasteiger partial charge in [-0.1, -0.05) is 55.5 Å². The van der Waals surface area contributed by atoms with Gasteiger partial charge in [0.25, 0.3) is 0 Å². The van der Waals surface area contributed by atoms with Crippen molar-refractivity contribution in [3.8, 4) is 0 Å². The average molecular weight is 440 g/mol. The molecule has 0 radical (unpaired) electrons. The lowest BCUT2D eigenvalue weighted by Crippen LogP contribution is -2.57. The first-order valence-corrected chi connectivity index (χ1v) is 11.6. The quantitative estimate of drug-likeness (QED) is 0.454. The highest BCUT2D eigenvalue weighted by atomic mass is 35.5. The van der Waals surface area contributed by atoms with E-state index in [0.717, 1.165) is 47.9 Å². The Hall–Kier alpha value is -1.84. The number of carbonyl (C=O) groups is 2. The molecule has 2 bridgehead atoms. The molecule has 2 amide bonds. The van der Waals surface area contributed by atoms with Crippen LogP contribution in [-0.2, 0) is 19.3 Å². The fourth-order valence-corrected chi connectivity index (χ4v) is 7.65. The normalized spacial score (nSPS) is 39.0. The minimum absolute atomic E-state index is 0.0436. The maximum absolute atomic E-state index is 13.8. The Kier molecular flexibility index (Phi) is 3.85. The molecule has 0 unspecified atom stereocenters. The van der Waals surface area contributed by atoms with E-state index >= 15 is 0 Å². The predicted octanol–water partition coefficient (Wildman–Crippen LogP) is 5.16. The zero-order valence-electron chi connectivity index (χ0n) is 16.8. The molecular formula is C25H23Cl2NO2. The third kappa shape index (κ3) is 2.04. The molecule has 1 saturated carbocycles. The summed E-state index contributed by atoms with van der Waals surface area (Å²) in [6, 6.07) is 15.6. The minimum atomic E-state index is -1.07. The summed E-state index contributed by atoms with van der Waals surface area (Å²) in [5, 5.41) is 0. The molecule has 1 heterocycles. The van der Waals surface area contributed by atoms with Gasteiger partial charge in [0, 0.05) is 6.04 Å². The number of carbonyl (C=O) groups excluding carboxylic acids is 2. The maximum atomic E-state index is 13.8. The van der Waals surface area contributed by atoms with Crippen molar-refractivity contribution in [1.29, 1.82) is 0 Å². The second-order valence-corrected chi connectivity index (χ2v) is 10.6. The van der Waals surface area contributed by atoms with Gasteiger partial charge in [0.05, 0.1) is 11.8 Å². The molecule has 30 heavy (non-hydrogen) atoms. The largest absolute Gasteiger partial charge is 0.279 e. The fraction of sp³-hybridized carbons (Fsp3) is 0.440. The van der Waals surface area contributed by atoms with Crippen LogP contribution in [0.1, 0.15) is 54.9 Å². The van der Waals surface area contributed by atoms with Gasteiger partial charge in [-0.3, -0.25) is 14.5 Å². The van der Waals surface area contributed by atoms with E-state index in [1.165, 1.54) is 0 Å². The molecule has 4 aliphatic carbocycles. The highest BCUT2D eigenvalue weighted by Gasteiger charge is 2.73. The first-order valence-electron chi connectivity index (χ1n) is 10.8. The van der Waals surface area contributed by atoms with Crippen molar-refractivity contribution < 1.29 is 9.59 Å². The van der Waals surface area contributed by atoms with Gasteiger partial charge in [0.1, 0.15) is 9.75 Å². The van der Waals surface area contributed by atoms with Crippen molar-refractivity contribution in [2.24, 2.45) is 17.8 Å². The lowest BCUT2D eigenvalue weighted by molar-refractivity contribution is -0.143. The maximum Gasteiger partial charge on any atom is 0.235 e. The molecule has 7 rings (SSSR count). The van der Waals surface area contributed by atoms with E-state index in [1.807, 2.05) is 48.5 Å². The zero-order chi connectivity index (χ0) is 20.8. The number of imide groups is 1. The van der Waals surface area contributed by atoms with Crippen LogP contribution in [0.5, 0.6) is 0 Å². The number of hydrogen-bond acceptors (Lipinski definition) is 2. The number of likely N-dealkylation sites (tertiary alicyclic amines) is 1. The van der Waals surface area contributed by atoms with Crippen LogP contribution in [-0.4, -0.2) is 22.8 Å². The summed E-state index contributed by atoms with van der Waals surface area (Å²) in [6.07, 6.45) is 3.80. The third-order valence-electron chi connectivity index (χ3n) is 7.97. The van der Waals surface area contributed by atoms with Gasteiger partial charge in [-0.15, -0.1) is 23.2 Å². The summed E-state index contributed by atoms with van der Waals surface area (Å²) >= 11 is 14.9. The first-order chi connectivity index (χ1) is 14.4. The topological polar surface area (TPSA) is 37.4 Å². The van der Waals surface area contributed by atoms with Crippen LogP contribution in [0.3, 0.4) is 0 Å². The second kappa shape index (κ2) is 6.11. The standard InChI is InChI=1S/C25H23Cl2NO2/c1-14-10-12-15(13-11-14)28-22(29)20-21(23(28)30)25(27)17-7-3-2-6-16(17)24(20,26)18-8-4-5-9-19(18)25/h2-9,14-15,20-21H,10-13H2,1H3/t14?,15?,20-,21-,24?,25?/m0/s1. The molecule has 154 valence electrons. The Labute approximate surface area is 186 Å². The van der Waals surface area contributed by atoms with E-state index in [0.29, 0.717) is 5.92 Å². The zero-order valence-corrected chi connectivity index (χ0v) is 18.3. The number of nitrogens with zero attached hydrogens (tertiary/aromatic N) is 1. The molecule has 1 aliphatic heterocycles. The predicted molar refractivity (Wildman–Crippen MR) is 116 cm³/mol. The number of rotatable bonds is 1. The summed E-state index contributed by atoms with van der Waals surface area (Å²) in [5.74, 6) is -0.997. The Morgan fingerprint density at radius 2 is 1.10 bits per heavy atom. The van der Waals surface area contributed by atoms with Gasteiger partial charge in [-0.25, -0.2) is 0 Å². The van der Waals surface area contributed by atoms with Crippen molar-refractivity contribution in [3.05, 3.63) is 70.8 Å². The van der Waals surface area contributed by atoms with Gasteiger partial charge in [-0.05, 0) is 53.9 Å². The van der Waals surface area contributed by atoms with Crippen molar-refractivity contribution in [3.63, 3.8) is 0 Å². The van der Waals surface area contributed by atoms with Crippen LogP contribution in [0.15, 0.2) is 48.5 Å². The van der Waals surface area contributed by atoms with Crippen molar-refractivity contribution >= 4 is 35.0 Å². The van der Waals surface area contributed by atoms with E-state index in [4.69, 9.17) is 23.2 Å². The summed E-state index contributed by atoms with van der Waals surface area (Å²) in [6.45, 7) is 2.23. The summed E-state index contributed by atoms with van der Waals surface area (Å²) in [7, 11) is 0. The SMILES string of the molecule is CC1CCC(N2C(=O)[C@@H]3[C@@H](C2=O)C2(Cl)c4ccccc4C3(Cl)c3ccccc32)CC1. The molecule has 0 aromatic heterocycles. The summed E-state index contributed by atoms with van der Waals surface area (Å²) in [5.41, 5.74) is 3.45. The molecule has 5 aliphatic rings. The van der Waals surface area contributed by atoms with Crippen LogP contribution >= 0.6 is 23.2 Å². The Bertz CT molecular complexity index is 967. The number of hydrogen-bond donors (Lipinski definition) is 0. The molecule has 2 fully saturated rings. The van der Waals surface area contributed by atoms with Crippen molar-refractivity contribution in [1.82, 2.24) is 4.90 Å². The number of amides is 2. The average Bonchev–Trinajstić information content (AvgIpc) is 3.04. The summed E-state index contributed by atoms with van der Waals surface area (Å²) < 4.78 is 0. The lowest BCUT2D eigenvalue weighted by Gasteiger charge is -2.54. The Balaban J connectivity index is 1.58.